The second kappa shape index (κ2) is 8.50. The number of aryl methyl sites for hydroxylation is 3. The molecule has 0 aliphatic carbocycles. The number of hydrogen-bond donors (Lipinski definition) is 1. The highest BCUT2D eigenvalue weighted by atomic mass is 16.2. The van der Waals surface area contributed by atoms with Crippen molar-refractivity contribution in [1.82, 2.24) is 28.7 Å². The van der Waals surface area contributed by atoms with Crippen LogP contribution in [0.4, 0.5) is 5.69 Å². The molecule has 0 saturated heterocycles. The molecule has 0 radical (unpaired) electrons. The average Bonchev–Trinajstić information content (AvgIpc) is 3.24. The Balaban J connectivity index is 1.29. The number of anilines is 1. The van der Waals surface area contributed by atoms with E-state index in [1.807, 2.05) is 37.3 Å². The van der Waals surface area contributed by atoms with Crippen LogP contribution in [0, 0.1) is 6.92 Å². The van der Waals surface area contributed by atoms with Crippen LogP contribution in [0.15, 0.2) is 59.5 Å². The van der Waals surface area contributed by atoms with E-state index in [1.54, 1.807) is 24.4 Å². The van der Waals surface area contributed by atoms with Crippen LogP contribution in [-0.4, -0.2) is 34.6 Å². The normalized spacial score (nSPS) is 13.6. The van der Waals surface area contributed by atoms with E-state index in [4.69, 9.17) is 9.97 Å². The van der Waals surface area contributed by atoms with Gasteiger partial charge in [-0.05, 0) is 55.7 Å². The summed E-state index contributed by atoms with van der Waals surface area (Å²) in [6.07, 6.45) is 5.98. The number of fused-ring (bicyclic) bond motifs is 4. The molecule has 0 fully saturated rings. The van der Waals surface area contributed by atoms with Crippen molar-refractivity contribution in [2.45, 2.75) is 45.7 Å². The molecule has 1 aliphatic heterocycles. The zero-order chi connectivity index (χ0) is 23.9. The number of nitrogens with one attached hydrogen (secondary N) is 1. The third kappa shape index (κ3) is 3.88. The Labute approximate surface area is 201 Å². The Bertz CT molecular complexity index is 1640. The van der Waals surface area contributed by atoms with Gasteiger partial charge in [-0.1, -0.05) is 24.6 Å². The summed E-state index contributed by atoms with van der Waals surface area (Å²) >= 11 is 0. The summed E-state index contributed by atoms with van der Waals surface area (Å²) in [5, 5.41) is 7.40. The summed E-state index contributed by atoms with van der Waals surface area (Å²) < 4.78 is 5.10. The van der Waals surface area contributed by atoms with Crippen molar-refractivity contribution in [1.29, 1.82) is 0 Å². The van der Waals surface area contributed by atoms with Gasteiger partial charge in [0.1, 0.15) is 11.3 Å². The lowest BCUT2D eigenvalue weighted by Crippen LogP contribution is -2.21. The van der Waals surface area contributed by atoms with Crippen LogP contribution >= 0.6 is 0 Å². The molecule has 0 bridgehead atoms. The minimum absolute atomic E-state index is 0.204. The van der Waals surface area contributed by atoms with Crippen molar-refractivity contribution in [2.75, 3.05) is 5.32 Å². The van der Waals surface area contributed by atoms with Gasteiger partial charge in [-0.2, -0.15) is 0 Å². The molecule has 0 atom stereocenters. The molecular weight excluding hydrogens is 442 g/mol. The smallest absolute Gasteiger partial charge is 0.322 e. The topological polar surface area (TPSA) is 99.1 Å². The Kier molecular flexibility index (Phi) is 5.17. The van der Waals surface area contributed by atoms with Gasteiger partial charge in [0.15, 0.2) is 11.3 Å². The number of hydrogen-bond acceptors (Lipinski definition) is 5. The number of benzene rings is 1. The molecule has 176 valence electrons. The Hall–Kier alpha value is -4.27. The van der Waals surface area contributed by atoms with Gasteiger partial charge >= 0.3 is 5.69 Å². The van der Waals surface area contributed by atoms with Crippen molar-refractivity contribution >= 4 is 28.4 Å². The molecule has 35 heavy (non-hydrogen) atoms. The van der Waals surface area contributed by atoms with E-state index in [0.29, 0.717) is 29.0 Å². The molecule has 0 unspecified atom stereocenters. The van der Waals surface area contributed by atoms with Gasteiger partial charge in [-0.25, -0.2) is 19.4 Å². The summed E-state index contributed by atoms with van der Waals surface area (Å²) in [5.41, 5.74) is 4.64. The van der Waals surface area contributed by atoms with Crippen molar-refractivity contribution in [3.63, 3.8) is 0 Å². The third-order valence-corrected chi connectivity index (χ3v) is 6.44. The largest absolute Gasteiger partial charge is 0.350 e. The second-order valence-electron chi connectivity index (χ2n) is 9.00. The lowest BCUT2D eigenvalue weighted by atomic mass is 10.1. The highest BCUT2D eigenvalue weighted by Gasteiger charge is 2.21. The van der Waals surface area contributed by atoms with Crippen molar-refractivity contribution in [3.8, 4) is 0 Å². The van der Waals surface area contributed by atoms with Gasteiger partial charge in [0, 0.05) is 30.5 Å². The van der Waals surface area contributed by atoms with Gasteiger partial charge in [-0.3, -0.25) is 9.20 Å². The average molecular weight is 468 g/mol. The second-order valence-corrected chi connectivity index (χ2v) is 9.00. The predicted octanol–water partition coefficient (Wildman–Crippen LogP) is 3.58. The first-order valence-corrected chi connectivity index (χ1v) is 11.9. The zero-order valence-corrected chi connectivity index (χ0v) is 19.4. The van der Waals surface area contributed by atoms with Crippen LogP contribution < -0.4 is 11.0 Å². The molecule has 0 spiro atoms. The molecule has 1 aromatic carbocycles. The van der Waals surface area contributed by atoms with Crippen molar-refractivity contribution in [3.05, 3.63) is 87.9 Å². The maximum Gasteiger partial charge on any atom is 0.350 e. The highest BCUT2D eigenvalue weighted by molar-refractivity contribution is 6.11. The van der Waals surface area contributed by atoms with E-state index in [9.17, 15) is 9.59 Å². The van der Waals surface area contributed by atoms with E-state index in [2.05, 4.69) is 15.0 Å². The maximum atomic E-state index is 13.3. The summed E-state index contributed by atoms with van der Waals surface area (Å²) in [7, 11) is 0. The summed E-state index contributed by atoms with van der Waals surface area (Å²) in [5.74, 6) is 0.778. The standard InChI is InChI=1S/C26H25N7O2/c1-17-14-20(23-24(27-17)31-12-5-2-3-10-21(31)29-23)25(34)28-19-9-7-8-18(15-19)16-33-26(35)32-13-6-4-11-22(32)30-33/h4,6-9,11,13-15H,2-3,5,10,12,16H2,1H3,(H,28,34). The van der Waals surface area contributed by atoms with Crippen LogP contribution in [0.25, 0.3) is 16.8 Å². The van der Waals surface area contributed by atoms with Crippen LogP contribution in [0.1, 0.15) is 46.7 Å². The molecule has 5 aromatic rings. The molecule has 0 saturated carbocycles. The number of carbonyl (C=O) groups excluding carboxylic acids is 1. The lowest BCUT2D eigenvalue weighted by Gasteiger charge is -2.09. The van der Waals surface area contributed by atoms with E-state index < -0.39 is 0 Å². The maximum absolute atomic E-state index is 13.3. The Morgan fingerprint density at radius 1 is 1.06 bits per heavy atom. The molecule has 1 amide bonds. The first-order chi connectivity index (χ1) is 17.1. The molecule has 1 aliphatic rings. The number of amides is 1. The van der Waals surface area contributed by atoms with Crippen LogP contribution in [-0.2, 0) is 19.5 Å². The summed E-state index contributed by atoms with van der Waals surface area (Å²) in [4.78, 5) is 35.5. The molecule has 6 rings (SSSR count). The minimum Gasteiger partial charge on any atom is -0.322 e. The van der Waals surface area contributed by atoms with Crippen molar-refractivity contribution < 1.29 is 4.79 Å². The van der Waals surface area contributed by atoms with Gasteiger partial charge < -0.3 is 9.88 Å². The zero-order valence-electron chi connectivity index (χ0n) is 19.4. The lowest BCUT2D eigenvalue weighted by molar-refractivity contribution is 0.102. The van der Waals surface area contributed by atoms with Crippen LogP contribution in [0.5, 0.6) is 0 Å². The summed E-state index contributed by atoms with van der Waals surface area (Å²) in [6.45, 7) is 3.09. The fourth-order valence-corrected chi connectivity index (χ4v) is 4.78. The molecule has 9 nitrogen and oxygen atoms in total. The predicted molar refractivity (Wildman–Crippen MR) is 133 cm³/mol. The molecular formula is C26H25N7O2. The number of carbonyl (C=O) groups is 1. The SMILES string of the molecule is Cc1cc(C(=O)Nc2cccc(Cn3nc4ccccn4c3=O)c2)c2nc3n(c2n1)CCCCC3. The van der Waals surface area contributed by atoms with Gasteiger partial charge in [0.25, 0.3) is 5.91 Å². The molecule has 5 heterocycles. The van der Waals surface area contributed by atoms with Gasteiger partial charge in [-0.15, -0.1) is 5.10 Å². The van der Waals surface area contributed by atoms with E-state index in [0.717, 1.165) is 48.5 Å². The minimum atomic E-state index is -0.226. The van der Waals surface area contributed by atoms with Crippen LogP contribution in [0.3, 0.4) is 0 Å². The first kappa shape index (κ1) is 21.3. The number of rotatable bonds is 4. The van der Waals surface area contributed by atoms with Gasteiger partial charge in [0.2, 0.25) is 0 Å². The van der Waals surface area contributed by atoms with E-state index in [1.165, 1.54) is 15.5 Å². The van der Waals surface area contributed by atoms with E-state index >= 15 is 0 Å². The first-order valence-electron chi connectivity index (χ1n) is 11.9. The Morgan fingerprint density at radius 3 is 2.86 bits per heavy atom. The fourth-order valence-electron chi connectivity index (χ4n) is 4.78. The fraction of sp³-hybridized carbons (Fsp3) is 0.269. The third-order valence-electron chi connectivity index (χ3n) is 6.44. The van der Waals surface area contributed by atoms with Crippen molar-refractivity contribution in [2.24, 2.45) is 0 Å². The number of aromatic nitrogens is 6. The number of pyridine rings is 2. The molecule has 9 heteroatoms. The van der Waals surface area contributed by atoms with E-state index in [-0.39, 0.29) is 11.6 Å². The number of imidazole rings is 1. The highest BCUT2D eigenvalue weighted by Crippen LogP contribution is 2.25. The monoisotopic (exact) mass is 467 g/mol. The molecule has 4 aromatic heterocycles. The summed E-state index contributed by atoms with van der Waals surface area (Å²) in [6, 6.07) is 14.7. The van der Waals surface area contributed by atoms with Gasteiger partial charge in [0.05, 0.1) is 12.1 Å². The van der Waals surface area contributed by atoms with Crippen LogP contribution in [0.2, 0.25) is 0 Å². The Morgan fingerprint density at radius 2 is 1.97 bits per heavy atom. The quantitative estimate of drug-likeness (QED) is 0.436. The number of nitrogens with zero attached hydrogens (tertiary/aromatic N) is 6. The molecule has 1 N–H and O–H groups in total.